The predicted octanol–water partition coefficient (Wildman–Crippen LogP) is 2.54. The maximum atomic E-state index is 10.2. The molecule has 1 aliphatic rings. The standard InChI is InChI=1S/C13H21NO2S/c1-17-9-12-5-4-11(16-12)8-14-10-13(15)6-2-3-7-13/h4-5,14-15H,2-3,6-10H2,1H3. The zero-order chi connectivity index (χ0) is 12.1. The van der Waals surface area contributed by atoms with Gasteiger partial charge in [-0.1, -0.05) is 12.8 Å². The van der Waals surface area contributed by atoms with E-state index < -0.39 is 5.60 Å². The molecule has 1 aromatic rings. The molecule has 1 fully saturated rings. The first-order chi connectivity index (χ1) is 8.22. The molecule has 17 heavy (non-hydrogen) atoms. The summed E-state index contributed by atoms with van der Waals surface area (Å²) in [6.07, 6.45) is 6.22. The summed E-state index contributed by atoms with van der Waals surface area (Å²) in [6.45, 7) is 1.38. The van der Waals surface area contributed by atoms with Crippen LogP contribution in [0, 0.1) is 0 Å². The minimum absolute atomic E-state index is 0.477. The van der Waals surface area contributed by atoms with Crippen molar-refractivity contribution in [1.29, 1.82) is 0 Å². The quantitative estimate of drug-likeness (QED) is 0.820. The Hall–Kier alpha value is -0.450. The summed E-state index contributed by atoms with van der Waals surface area (Å²) in [5.74, 6) is 2.90. The van der Waals surface area contributed by atoms with Crippen LogP contribution in [-0.2, 0) is 12.3 Å². The summed E-state index contributed by atoms with van der Waals surface area (Å²) in [6, 6.07) is 4.04. The second-order valence-corrected chi connectivity index (χ2v) is 5.70. The fraction of sp³-hybridized carbons (Fsp3) is 0.692. The Kier molecular flexibility index (Phi) is 4.54. The van der Waals surface area contributed by atoms with Crippen molar-refractivity contribution in [2.45, 2.75) is 43.6 Å². The fourth-order valence-electron chi connectivity index (χ4n) is 2.37. The molecule has 0 aliphatic heterocycles. The van der Waals surface area contributed by atoms with E-state index in [0.717, 1.165) is 43.0 Å². The largest absolute Gasteiger partial charge is 0.464 e. The van der Waals surface area contributed by atoms with Crippen LogP contribution in [-0.4, -0.2) is 23.5 Å². The third-order valence-corrected chi connectivity index (χ3v) is 3.86. The van der Waals surface area contributed by atoms with Gasteiger partial charge in [-0.2, -0.15) is 11.8 Å². The van der Waals surface area contributed by atoms with E-state index in [1.165, 1.54) is 0 Å². The molecule has 0 saturated heterocycles. The van der Waals surface area contributed by atoms with E-state index in [4.69, 9.17) is 4.42 Å². The van der Waals surface area contributed by atoms with E-state index in [1.54, 1.807) is 11.8 Å². The van der Waals surface area contributed by atoms with Crippen LogP contribution in [0.1, 0.15) is 37.2 Å². The monoisotopic (exact) mass is 255 g/mol. The van der Waals surface area contributed by atoms with Crippen molar-refractivity contribution in [1.82, 2.24) is 5.32 Å². The predicted molar refractivity (Wildman–Crippen MR) is 71.1 cm³/mol. The number of nitrogens with one attached hydrogen (secondary N) is 1. The molecule has 0 amide bonds. The van der Waals surface area contributed by atoms with Gasteiger partial charge < -0.3 is 14.8 Å². The lowest BCUT2D eigenvalue weighted by Gasteiger charge is -2.22. The average molecular weight is 255 g/mol. The first-order valence-corrected chi connectivity index (χ1v) is 7.61. The van der Waals surface area contributed by atoms with Crippen LogP contribution in [0.2, 0.25) is 0 Å². The summed E-state index contributed by atoms with van der Waals surface area (Å²) in [5, 5.41) is 13.5. The zero-order valence-electron chi connectivity index (χ0n) is 10.4. The molecule has 0 bridgehead atoms. The van der Waals surface area contributed by atoms with Crippen LogP contribution in [0.3, 0.4) is 0 Å². The average Bonchev–Trinajstić information content (AvgIpc) is 2.90. The SMILES string of the molecule is CSCc1ccc(CNCC2(O)CCCC2)o1. The Morgan fingerprint density at radius 1 is 1.35 bits per heavy atom. The van der Waals surface area contributed by atoms with Crippen molar-refractivity contribution in [3.63, 3.8) is 0 Å². The van der Waals surface area contributed by atoms with Crippen LogP contribution < -0.4 is 5.32 Å². The Labute approximate surface area is 107 Å². The van der Waals surface area contributed by atoms with Gasteiger partial charge in [0.1, 0.15) is 11.5 Å². The Bertz CT molecular complexity index is 345. The second kappa shape index (κ2) is 5.94. The Balaban J connectivity index is 1.73. The van der Waals surface area contributed by atoms with Gasteiger partial charge >= 0.3 is 0 Å². The van der Waals surface area contributed by atoms with E-state index in [9.17, 15) is 5.11 Å². The lowest BCUT2D eigenvalue weighted by atomic mass is 10.0. The van der Waals surface area contributed by atoms with E-state index in [0.29, 0.717) is 13.1 Å². The first kappa shape index (κ1) is 13.0. The Morgan fingerprint density at radius 2 is 2.06 bits per heavy atom. The van der Waals surface area contributed by atoms with Crippen LogP contribution >= 0.6 is 11.8 Å². The zero-order valence-corrected chi connectivity index (χ0v) is 11.2. The molecule has 0 atom stereocenters. The molecule has 2 N–H and O–H groups in total. The highest BCUT2D eigenvalue weighted by atomic mass is 32.2. The lowest BCUT2D eigenvalue weighted by Crippen LogP contribution is -2.37. The van der Waals surface area contributed by atoms with Gasteiger partial charge in [-0.05, 0) is 31.2 Å². The fourth-order valence-corrected chi connectivity index (χ4v) is 2.81. The molecule has 1 heterocycles. The number of aliphatic hydroxyl groups is 1. The maximum Gasteiger partial charge on any atom is 0.118 e. The summed E-state index contributed by atoms with van der Waals surface area (Å²) >= 11 is 1.76. The van der Waals surface area contributed by atoms with Gasteiger partial charge in [0.25, 0.3) is 0 Å². The van der Waals surface area contributed by atoms with Gasteiger partial charge in [-0.25, -0.2) is 0 Å². The van der Waals surface area contributed by atoms with Crippen molar-refractivity contribution in [3.05, 3.63) is 23.7 Å². The molecule has 0 spiro atoms. The molecule has 2 rings (SSSR count). The minimum atomic E-state index is -0.477. The van der Waals surface area contributed by atoms with Crippen molar-refractivity contribution in [2.75, 3.05) is 12.8 Å². The highest BCUT2D eigenvalue weighted by Crippen LogP contribution is 2.28. The molecule has 96 valence electrons. The van der Waals surface area contributed by atoms with Gasteiger partial charge in [-0.3, -0.25) is 0 Å². The highest BCUT2D eigenvalue weighted by molar-refractivity contribution is 7.97. The molecule has 4 heteroatoms. The number of hydrogen-bond acceptors (Lipinski definition) is 4. The number of furan rings is 1. The summed E-state index contributed by atoms with van der Waals surface area (Å²) < 4.78 is 5.66. The molecule has 0 radical (unpaired) electrons. The lowest BCUT2D eigenvalue weighted by molar-refractivity contribution is 0.0470. The third-order valence-electron chi connectivity index (χ3n) is 3.29. The van der Waals surface area contributed by atoms with Crippen LogP contribution in [0.4, 0.5) is 0 Å². The van der Waals surface area contributed by atoms with Crippen LogP contribution in [0.25, 0.3) is 0 Å². The third kappa shape index (κ3) is 3.76. The van der Waals surface area contributed by atoms with E-state index in [2.05, 4.69) is 11.6 Å². The second-order valence-electron chi connectivity index (χ2n) is 4.84. The Morgan fingerprint density at radius 3 is 2.76 bits per heavy atom. The summed E-state index contributed by atoms with van der Waals surface area (Å²) in [7, 11) is 0. The number of thioether (sulfide) groups is 1. The van der Waals surface area contributed by atoms with Crippen molar-refractivity contribution in [2.24, 2.45) is 0 Å². The van der Waals surface area contributed by atoms with Crippen molar-refractivity contribution in [3.8, 4) is 0 Å². The normalized spacial score (nSPS) is 18.7. The van der Waals surface area contributed by atoms with Gasteiger partial charge in [0.2, 0.25) is 0 Å². The van der Waals surface area contributed by atoms with Gasteiger partial charge in [0, 0.05) is 6.54 Å². The number of hydrogen-bond donors (Lipinski definition) is 2. The van der Waals surface area contributed by atoms with Gasteiger partial charge in [-0.15, -0.1) is 0 Å². The van der Waals surface area contributed by atoms with Gasteiger partial charge in [0.15, 0.2) is 0 Å². The topological polar surface area (TPSA) is 45.4 Å². The highest BCUT2D eigenvalue weighted by Gasteiger charge is 2.30. The molecule has 3 nitrogen and oxygen atoms in total. The summed E-state index contributed by atoms with van der Waals surface area (Å²) in [5.41, 5.74) is -0.477. The molecule has 1 aromatic heterocycles. The summed E-state index contributed by atoms with van der Waals surface area (Å²) in [4.78, 5) is 0. The van der Waals surface area contributed by atoms with Crippen molar-refractivity contribution >= 4 is 11.8 Å². The van der Waals surface area contributed by atoms with Crippen molar-refractivity contribution < 1.29 is 9.52 Å². The molecule has 1 saturated carbocycles. The molecule has 0 aromatic carbocycles. The molecular formula is C13H21NO2S. The maximum absolute atomic E-state index is 10.2. The molecule has 1 aliphatic carbocycles. The smallest absolute Gasteiger partial charge is 0.118 e. The minimum Gasteiger partial charge on any atom is -0.464 e. The van der Waals surface area contributed by atoms with E-state index >= 15 is 0 Å². The molecular weight excluding hydrogens is 234 g/mol. The van der Waals surface area contributed by atoms with E-state index in [1.807, 2.05) is 12.1 Å². The van der Waals surface area contributed by atoms with E-state index in [-0.39, 0.29) is 0 Å². The van der Waals surface area contributed by atoms with Crippen LogP contribution in [0.15, 0.2) is 16.5 Å². The number of rotatable bonds is 6. The first-order valence-electron chi connectivity index (χ1n) is 6.21. The molecule has 0 unspecified atom stereocenters. The van der Waals surface area contributed by atoms with Crippen LogP contribution in [0.5, 0.6) is 0 Å². The van der Waals surface area contributed by atoms with Gasteiger partial charge in [0.05, 0.1) is 17.9 Å².